The number of rotatable bonds is 4. The number of halogens is 1. The third kappa shape index (κ3) is 5.37. The van der Waals surface area contributed by atoms with Gasteiger partial charge in [-0.05, 0) is 0 Å². The summed E-state index contributed by atoms with van der Waals surface area (Å²) in [7, 11) is 0. The summed E-state index contributed by atoms with van der Waals surface area (Å²) in [5.74, 6) is -1.61. The van der Waals surface area contributed by atoms with Gasteiger partial charge in [0.25, 0.3) is 0 Å². The monoisotopic (exact) mass is 166 g/mol. The van der Waals surface area contributed by atoms with E-state index in [1.54, 1.807) is 0 Å². The van der Waals surface area contributed by atoms with Gasteiger partial charge in [0.2, 0.25) is 0 Å². The van der Waals surface area contributed by atoms with E-state index in [0.717, 1.165) is 0 Å². The molecule has 0 rings (SSSR count). The molecule has 0 saturated heterocycles. The number of aliphatic carboxylic acids is 1. The van der Waals surface area contributed by atoms with Gasteiger partial charge in [0.05, 0.1) is 12.8 Å². The molecule has 58 valence electrons. The van der Waals surface area contributed by atoms with Crippen molar-refractivity contribution in [2.45, 2.75) is 12.8 Å². The van der Waals surface area contributed by atoms with Crippen LogP contribution in [-0.2, 0) is 14.3 Å². The molecule has 0 bridgehead atoms. The Morgan fingerprint density at radius 1 is 1.40 bits per heavy atom. The van der Waals surface area contributed by atoms with Crippen molar-refractivity contribution in [1.29, 1.82) is 0 Å². The normalized spacial score (nSPS) is 8.90. The van der Waals surface area contributed by atoms with E-state index in [4.69, 9.17) is 16.7 Å². The van der Waals surface area contributed by atoms with Crippen LogP contribution >= 0.6 is 11.6 Å². The lowest BCUT2D eigenvalue weighted by atomic mass is 10.3. The fraction of sp³-hybridized carbons (Fsp3) is 0.600. The number of carboxylic acids is 1. The van der Waals surface area contributed by atoms with E-state index < -0.39 is 11.9 Å². The molecule has 0 radical (unpaired) electrons. The Morgan fingerprint density at radius 3 is 2.40 bits per heavy atom. The Morgan fingerprint density at radius 2 is 2.00 bits per heavy atom. The number of carboxylic acid groups (broad SMARTS) is 1. The lowest BCUT2D eigenvalue weighted by Gasteiger charge is -1.96. The van der Waals surface area contributed by atoms with Crippen LogP contribution in [0, 0.1) is 0 Å². The van der Waals surface area contributed by atoms with Crippen LogP contribution in [0.25, 0.3) is 0 Å². The molecular weight excluding hydrogens is 160 g/mol. The van der Waals surface area contributed by atoms with E-state index >= 15 is 0 Å². The van der Waals surface area contributed by atoms with Crippen molar-refractivity contribution in [3.63, 3.8) is 0 Å². The van der Waals surface area contributed by atoms with Crippen LogP contribution in [0.2, 0.25) is 0 Å². The molecule has 1 N–H and O–H groups in total. The molecule has 0 aromatic heterocycles. The predicted octanol–water partition coefficient (Wildman–Crippen LogP) is 0.591. The summed E-state index contributed by atoms with van der Waals surface area (Å²) in [5, 5.41) is 8.09. The topological polar surface area (TPSA) is 63.6 Å². The molecule has 0 aliphatic carbocycles. The van der Waals surface area contributed by atoms with Gasteiger partial charge in [-0.25, -0.2) is 0 Å². The molecule has 0 aromatic carbocycles. The Hall–Kier alpha value is -0.770. The number of esters is 1. The van der Waals surface area contributed by atoms with Gasteiger partial charge in [0.1, 0.15) is 0 Å². The Kier molecular flexibility index (Phi) is 4.66. The van der Waals surface area contributed by atoms with Crippen molar-refractivity contribution in [1.82, 2.24) is 0 Å². The maximum atomic E-state index is 10.4. The second kappa shape index (κ2) is 5.05. The van der Waals surface area contributed by atoms with Crippen molar-refractivity contribution in [2.75, 3.05) is 6.07 Å². The van der Waals surface area contributed by atoms with Crippen molar-refractivity contribution in [3.05, 3.63) is 0 Å². The van der Waals surface area contributed by atoms with Gasteiger partial charge < -0.3 is 9.84 Å². The number of hydrogen-bond donors (Lipinski definition) is 1. The van der Waals surface area contributed by atoms with Crippen molar-refractivity contribution in [2.24, 2.45) is 0 Å². The third-order valence-electron chi connectivity index (χ3n) is 0.759. The lowest BCUT2D eigenvalue weighted by molar-refractivity contribution is -0.146. The molecular formula is C5H7ClO4. The molecule has 5 heteroatoms. The van der Waals surface area contributed by atoms with Gasteiger partial charge >= 0.3 is 11.9 Å². The minimum atomic E-state index is -1.02. The number of ether oxygens (including phenoxy) is 1. The zero-order chi connectivity index (χ0) is 7.98. The molecule has 0 aromatic rings. The number of alkyl halides is 1. The van der Waals surface area contributed by atoms with Crippen LogP contribution in [-0.4, -0.2) is 23.1 Å². The van der Waals surface area contributed by atoms with E-state index in [9.17, 15) is 9.59 Å². The average molecular weight is 167 g/mol. The first kappa shape index (κ1) is 9.23. The van der Waals surface area contributed by atoms with Gasteiger partial charge in [0.15, 0.2) is 6.07 Å². The average Bonchev–Trinajstić information content (AvgIpc) is 1.85. The van der Waals surface area contributed by atoms with E-state index in [1.165, 1.54) is 0 Å². The first-order valence-corrected chi connectivity index (χ1v) is 3.13. The molecule has 0 fully saturated rings. The van der Waals surface area contributed by atoms with Crippen LogP contribution in [0.1, 0.15) is 12.8 Å². The number of hydrogen-bond acceptors (Lipinski definition) is 3. The molecule has 0 unspecified atom stereocenters. The second-order valence-corrected chi connectivity index (χ2v) is 1.74. The molecule has 0 spiro atoms. The standard InChI is InChI=1S/C5H7ClO4/c6-3-10-5(9)2-1-4(7)8/h1-3H2,(H,7,8). The Labute approximate surface area is 62.7 Å². The smallest absolute Gasteiger partial charge is 0.307 e. The van der Waals surface area contributed by atoms with E-state index in [-0.39, 0.29) is 18.9 Å². The number of carbonyl (C=O) groups is 2. The van der Waals surface area contributed by atoms with Gasteiger partial charge in [-0.15, -0.1) is 0 Å². The highest BCUT2D eigenvalue weighted by atomic mass is 35.5. The fourth-order valence-electron chi connectivity index (χ4n) is 0.342. The zero-order valence-electron chi connectivity index (χ0n) is 5.17. The molecule has 0 aliphatic heterocycles. The molecule has 4 nitrogen and oxygen atoms in total. The van der Waals surface area contributed by atoms with E-state index in [1.807, 2.05) is 0 Å². The molecule has 0 aliphatic rings. The summed E-state index contributed by atoms with van der Waals surface area (Å²) in [4.78, 5) is 20.2. The molecule has 0 atom stereocenters. The summed E-state index contributed by atoms with van der Waals surface area (Å²) in [6.07, 6.45) is -0.336. The summed E-state index contributed by atoms with van der Waals surface area (Å²) < 4.78 is 4.26. The van der Waals surface area contributed by atoms with Crippen LogP contribution in [0.3, 0.4) is 0 Å². The van der Waals surface area contributed by atoms with Crippen LogP contribution in [0.5, 0.6) is 0 Å². The van der Waals surface area contributed by atoms with Gasteiger partial charge in [-0.2, -0.15) is 0 Å². The first-order chi connectivity index (χ1) is 4.66. The highest BCUT2D eigenvalue weighted by molar-refractivity contribution is 6.17. The maximum absolute atomic E-state index is 10.4. The Bertz CT molecular complexity index is 134. The maximum Gasteiger partial charge on any atom is 0.307 e. The number of carbonyl (C=O) groups excluding carboxylic acids is 1. The first-order valence-electron chi connectivity index (χ1n) is 2.60. The minimum Gasteiger partial charge on any atom is -0.481 e. The molecule has 0 heterocycles. The second-order valence-electron chi connectivity index (χ2n) is 1.52. The van der Waals surface area contributed by atoms with Crippen LogP contribution in [0.4, 0.5) is 0 Å². The van der Waals surface area contributed by atoms with Gasteiger partial charge in [-0.1, -0.05) is 11.6 Å². The molecule has 10 heavy (non-hydrogen) atoms. The fourth-order valence-corrected chi connectivity index (χ4v) is 0.464. The minimum absolute atomic E-state index is 0.123. The largest absolute Gasteiger partial charge is 0.481 e. The summed E-state index contributed by atoms with van der Waals surface area (Å²) in [5.41, 5.74) is 0. The highest BCUT2D eigenvalue weighted by Gasteiger charge is 2.04. The van der Waals surface area contributed by atoms with Gasteiger partial charge in [0, 0.05) is 0 Å². The highest BCUT2D eigenvalue weighted by Crippen LogP contribution is 1.93. The summed E-state index contributed by atoms with van der Waals surface area (Å²) in [6, 6.07) is -0.224. The summed E-state index contributed by atoms with van der Waals surface area (Å²) >= 11 is 5.02. The van der Waals surface area contributed by atoms with Crippen LogP contribution in [0.15, 0.2) is 0 Å². The molecule has 0 saturated carbocycles. The van der Waals surface area contributed by atoms with Crippen LogP contribution < -0.4 is 0 Å². The van der Waals surface area contributed by atoms with E-state index in [0.29, 0.717) is 0 Å². The lowest BCUT2D eigenvalue weighted by Crippen LogP contribution is -2.05. The molecule has 0 amide bonds. The van der Waals surface area contributed by atoms with Crippen molar-refractivity contribution >= 4 is 23.5 Å². The Balaban J connectivity index is 3.30. The SMILES string of the molecule is O=C(O)CCC(=O)OCCl. The van der Waals surface area contributed by atoms with Crippen molar-refractivity contribution < 1.29 is 19.4 Å². The third-order valence-corrected chi connectivity index (χ3v) is 0.868. The predicted molar refractivity (Wildman–Crippen MR) is 33.7 cm³/mol. The zero-order valence-corrected chi connectivity index (χ0v) is 5.93. The van der Waals surface area contributed by atoms with E-state index in [2.05, 4.69) is 4.74 Å². The summed E-state index contributed by atoms with van der Waals surface area (Å²) in [6.45, 7) is 0. The van der Waals surface area contributed by atoms with Gasteiger partial charge in [-0.3, -0.25) is 9.59 Å². The van der Waals surface area contributed by atoms with Crippen molar-refractivity contribution in [3.8, 4) is 0 Å². The quantitative estimate of drug-likeness (QED) is 0.491.